The van der Waals surface area contributed by atoms with Crippen molar-refractivity contribution in [3.05, 3.63) is 158 Å². The van der Waals surface area contributed by atoms with E-state index in [1.54, 1.807) is 11.3 Å². The molecule has 0 atom stereocenters. The van der Waals surface area contributed by atoms with Crippen molar-refractivity contribution in [2.24, 2.45) is 0 Å². The van der Waals surface area contributed by atoms with E-state index in [-0.39, 0.29) is 0 Å². The first-order valence-corrected chi connectivity index (χ1v) is 18.6. The molecule has 0 amide bonds. The minimum Gasteiger partial charge on any atom is -0.309 e. The Labute approximate surface area is 300 Å². The summed E-state index contributed by atoms with van der Waals surface area (Å²) in [6.45, 7) is 0. The molecular weight excluding hydrogens is 661 g/mol. The highest BCUT2D eigenvalue weighted by atomic mass is 32.1. The van der Waals surface area contributed by atoms with Gasteiger partial charge < -0.3 is 4.57 Å². The van der Waals surface area contributed by atoms with Gasteiger partial charge in [-0.15, -0.1) is 22.7 Å². The molecule has 238 valence electrons. The fourth-order valence-corrected chi connectivity index (χ4v) is 9.91. The van der Waals surface area contributed by atoms with Gasteiger partial charge in [-0.05, 0) is 42.5 Å². The highest BCUT2D eigenvalue weighted by Gasteiger charge is 2.22. The Morgan fingerprint density at radius 3 is 1.71 bits per heavy atom. The normalized spacial score (nSPS) is 11.9. The van der Waals surface area contributed by atoms with Gasteiger partial charge in [0.05, 0.1) is 16.7 Å². The molecule has 11 rings (SSSR count). The number of nitrogens with zero attached hydrogens (tertiary/aromatic N) is 4. The lowest BCUT2D eigenvalue weighted by atomic mass is 10.1. The van der Waals surface area contributed by atoms with Crippen LogP contribution in [0.4, 0.5) is 0 Å². The fourth-order valence-electron chi connectivity index (χ4n) is 7.55. The Bertz CT molecular complexity index is 3080. The number of hydrogen-bond donors (Lipinski definition) is 0. The summed E-state index contributed by atoms with van der Waals surface area (Å²) in [4.78, 5) is 15.3. The van der Waals surface area contributed by atoms with E-state index in [2.05, 4.69) is 126 Å². The van der Waals surface area contributed by atoms with Crippen molar-refractivity contribution in [3.8, 4) is 39.9 Å². The topological polar surface area (TPSA) is 43.6 Å². The van der Waals surface area contributed by atoms with E-state index in [9.17, 15) is 0 Å². The van der Waals surface area contributed by atoms with Gasteiger partial charge in [-0.2, -0.15) is 0 Å². The van der Waals surface area contributed by atoms with E-state index >= 15 is 0 Å². The Kier molecular flexibility index (Phi) is 6.26. The van der Waals surface area contributed by atoms with Crippen LogP contribution in [-0.2, 0) is 0 Å². The van der Waals surface area contributed by atoms with Gasteiger partial charge in [0.2, 0.25) is 0 Å². The molecule has 6 heteroatoms. The van der Waals surface area contributed by atoms with Crippen LogP contribution in [0.15, 0.2) is 158 Å². The predicted octanol–water partition coefficient (Wildman–Crippen LogP) is 12.7. The highest BCUT2D eigenvalue weighted by Crippen LogP contribution is 2.46. The summed E-state index contributed by atoms with van der Waals surface area (Å²) in [5.74, 6) is 1.99. The summed E-state index contributed by atoms with van der Waals surface area (Å²) in [7, 11) is 0. The highest BCUT2D eigenvalue weighted by molar-refractivity contribution is 7.26. The third kappa shape index (κ3) is 4.40. The molecule has 0 fully saturated rings. The van der Waals surface area contributed by atoms with Gasteiger partial charge in [0.1, 0.15) is 0 Å². The summed E-state index contributed by atoms with van der Waals surface area (Å²) in [5.41, 5.74) is 6.46. The fraction of sp³-hybridized carbons (Fsp3) is 0. The third-order valence-electron chi connectivity index (χ3n) is 9.86. The lowest BCUT2D eigenvalue weighted by Crippen LogP contribution is -2.01. The van der Waals surface area contributed by atoms with E-state index < -0.39 is 0 Å². The van der Waals surface area contributed by atoms with Gasteiger partial charge >= 0.3 is 0 Å². The quantitative estimate of drug-likeness (QED) is 0.185. The predicted molar refractivity (Wildman–Crippen MR) is 216 cm³/mol. The van der Waals surface area contributed by atoms with Crippen LogP contribution in [0.25, 0.3) is 102 Å². The van der Waals surface area contributed by atoms with Crippen LogP contribution < -0.4 is 0 Å². The molecule has 0 aliphatic heterocycles. The molecule has 0 radical (unpaired) electrons. The smallest absolute Gasteiger partial charge is 0.165 e. The van der Waals surface area contributed by atoms with Crippen LogP contribution in [0.1, 0.15) is 0 Å². The maximum Gasteiger partial charge on any atom is 0.165 e. The molecule has 0 bridgehead atoms. The number of thiophene rings is 2. The third-order valence-corrected chi connectivity index (χ3v) is 12.2. The Hall–Kier alpha value is -6.21. The second-order valence-electron chi connectivity index (χ2n) is 12.8. The van der Waals surface area contributed by atoms with Crippen molar-refractivity contribution in [2.45, 2.75) is 0 Å². The number of para-hydroxylation sites is 1. The molecule has 0 aliphatic rings. The summed E-state index contributed by atoms with van der Waals surface area (Å²) in [6, 6.07) is 55.9. The Balaban J connectivity index is 1.23. The van der Waals surface area contributed by atoms with E-state index in [1.807, 2.05) is 47.7 Å². The van der Waals surface area contributed by atoms with Crippen molar-refractivity contribution in [1.82, 2.24) is 19.5 Å². The zero-order valence-corrected chi connectivity index (χ0v) is 28.7. The van der Waals surface area contributed by atoms with Crippen LogP contribution in [0, 0.1) is 0 Å². The van der Waals surface area contributed by atoms with Crippen LogP contribution in [0.2, 0.25) is 0 Å². The van der Waals surface area contributed by atoms with Gasteiger partial charge in [-0.3, -0.25) is 0 Å². The van der Waals surface area contributed by atoms with Crippen LogP contribution in [0.5, 0.6) is 0 Å². The SMILES string of the molecule is c1ccc(-c2nc(-c3ccccc3)nc(-c3ccc(-n4c5ccccc5c5cc6sc7ccccc7c6cc54)c4c3sc3ccccc34)n2)cc1. The monoisotopic (exact) mass is 686 g/mol. The molecule has 0 N–H and O–H groups in total. The second-order valence-corrected chi connectivity index (χ2v) is 14.9. The first kappa shape index (κ1) is 28.6. The van der Waals surface area contributed by atoms with Crippen molar-refractivity contribution in [2.75, 3.05) is 0 Å². The van der Waals surface area contributed by atoms with Crippen LogP contribution in [0.3, 0.4) is 0 Å². The van der Waals surface area contributed by atoms with E-state index in [0.29, 0.717) is 17.5 Å². The van der Waals surface area contributed by atoms with Crippen LogP contribution >= 0.6 is 22.7 Å². The molecule has 0 unspecified atom stereocenters. The molecule has 51 heavy (non-hydrogen) atoms. The first-order valence-electron chi connectivity index (χ1n) is 16.9. The van der Waals surface area contributed by atoms with Crippen molar-refractivity contribution in [1.29, 1.82) is 0 Å². The van der Waals surface area contributed by atoms with Gasteiger partial charge in [-0.1, -0.05) is 115 Å². The Morgan fingerprint density at radius 2 is 0.980 bits per heavy atom. The van der Waals surface area contributed by atoms with Gasteiger partial charge in [0, 0.05) is 67.8 Å². The van der Waals surface area contributed by atoms with Crippen molar-refractivity contribution >= 4 is 84.8 Å². The lowest BCUT2D eigenvalue weighted by molar-refractivity contribution is 1.08. The minimum absolute atomic E-state index is 0.659. The standard InChI is InChI=1S/C45H26N4S2/c1-3-13-27(14-4-1)43-46-44(28-15-5-2-6-16-28)48-45(47-43)32-23-24-36(41-31-19-9-12-22-39(31)51-42(32)41)49-35-20-10-7-17-29(35)33-26-40-34(25-37(33)49)30-18-8-11-21-38(30)50-40/h1-26H. The molecule has 4 heterocycles. The van der Waals surface area contributed by atoms with Gasteiger partial charge in [0.15, 0.2) is 17.5 Å². The lowest BCUT2D eigenvalue weighted by Gasteiger charge is -2.13. The average molecular weight is 687 g/mol. The maximum absolute atomic E-state index is 5.15. The molecule has 0 aliphatic carbocycles. The first-order chi connectivity index (χ1) is 25.3. The zero-order valence-electron chi connectivity index (χ0n) is 27.1. The molecule has 0 spiro atoms. The van der Waals surface area contributed by atoms with Crippen molar-refractivity contribution in [3.63, 3.8) is 0 Å². The number of benzene rings is 7. The second kappa shape index (κ2) is 11.2. The van der Waals surface area contributed by atoms with E-state index in [0.717, 1.165) is 27.1 Å². The molecule has 0 saturated heterocycles. The summed E-state index contributed by atoms with van der Waals surface area (Å²) in [6.07, 6.45) is 0. The summed E-state index contributed by atoms with van der Waals surface area (Å²) in [5, 5.41) is 7.54. The van der Waals surface area contributed by atoms with E-state index in [1.165, 1.54) is 57.5 Å². The molecule has 4 aromatic heterocycles. The van der Waals surface area contributed by atoms with Gasteiger partial charge in [-0.25, -0.2) is 15.0 Å². The zero-order chi connectivity index (χ0) is 33.5. The Morgan fingerprint density at radius 1 is 0.392 bits per heavy atom. The molecular formula is C45H26N4S2. The number of rotatable bonds is 4. The summed E-state index contributed by atoms with van der Waals surface area (Å²) >= 11 is 3.67. The van der Waals surface area contributed by atoms with Crippen molar-refractivity contribution < 1.29 is 0 Å². The minimum atomic E-state index is 0.659. The number of aromatic nitrogens is 4. The summed E-state index contributed by atoms with van der Waals surface area (Å²) < 4.78 is 7.49. The largest absolute Gasteiger partial charge is 0.309 e. The number of fused-ring (bicyclic) bond motifs is 9. The van der Waals surface area contributed by atoms with Gasteiger partial charge in [0.25, 0.3) is 0 Å². The molecule has 4 nitrogen and oxygen atoms in total. The molecule has 0 saturated carbocycles. The molecule has 11 aromatic rings. The maximum atomic E-state index is 5.15. The number of hydrogen-bond acceptors (Lipinski definition) is 5. The average Bonchev–Trinajstić information content (AvgIpc) is 3.87. The molecule has 7 aromatic carbocycles. The van der Waals surface area contributed by atoms with E-state index in [4.69, 9.17) is 15.0 Å². The van der Waals surface area contributed by atoms with Crippen LogP contribution in [-0.4, -0.2) is 19.5 Å².